The number of aromatic nitrogens is 4. The van der Waals surface area contributed by atoms with Gasteiger partial charge in [0, 0.05) is 35.6 Å². The second-order valence-electron chi connectivity index (χ2n) is 6.39. The van der Waals surface area contributed by atoms with Gasteiger partial charge in [0.05, 0.1) is 12.2 Å². The monoisotopic (exact) mass is 364 g/mol. The number of hydrogen-bond donors (Lipinski definition) is 0. The Hall–Kier alpha value is -2.47. The molecule has 1 aliphatic carbocycles. The normalized spacial score (nSPS) is 13.4. The summed E-state index contributed by atoms with van der Waals surface area (Å²) in [5.41, 5.74) is 4.22. The van der Waals surface area contributed by atoms with E-state index in [0.29, 0.717) is 6.54 Å². The third kappa shape index (κ3) is 3.70. The molecule has 0 radical (unpaired) electrons. The Morgan fingerprint density at radius 3 is 2.81 bits per heavy atom. The number of thioether (sulfide) groups is 1. The van der Waals surface area contributed by atoms with Crippen molar-refractivity contribution in [2.24, 2.45) is 0 Å². The SMILES string of the molecule is O=c1nc(SCc2cccnc2)c2c(n1Cc1ccccn1)CCCC2. The van der Waals surface area contributed by atoms with Crippen molar-refractivity contribution in [3.05, 3.63) is 81.9 Å². The van der Waals surface area contributed by atoms with E-state index in [1.54, 1.807) is 24.2 Å². The maximum absolute atomic E-state index is 12.7. The van der Waals surface area contributed by atoms with Gasteiger partial charge >= 0.3 is 5.69 Å². The quantitative estimate of drug-likeness (QED) is 0.514. The summed E-state index contributed by atoms with van der Waals surface area (Å²) in [6.45, 7) is 0.489. The van der Waals surface area contributed by atoms with Crippen LogP contribution in [0.15, 0.2) is 58.7 Å². The van der Waals surface area contributed by atoms with Crippen LogP contribution in [0.25, 0.3) is 0 Å². The molecule has 0 fully saturated rings. The first-order valence-corrected chi connectivity index (χ1v) is 9.84. The molecule has 1 aliphatic rings. The first-order chi connectivity index (χ1) is 12.8. The Labute approximate surface area is 156 Å². The Morgan fingerprint density at radius 2 is 2.00 bits per heavy atom. The van der Waals surface area contributed by atoms with Crippen molar-refractivity contribution in [3.8, 4) is 0 Å². The molecule has 0 spiro atoms. The molecule has 0 saturated heterocycles. The van der Waals surface area contributed by atoms with E-state index in [1.807, 2.05) is 35.0 Å². The highest BCUT2D eigenvalue weighted by Crippen LogP contribution is 2.30. The number of pyridine rings is 2. The van der Waals surface area contributed by atoms with Crippen LogP contribution in [0.4, 0.5) is 0 Å². The molecule has 3 heterocycles. The van der Waals surface area contributed by atoms with Gasteiger partial charge in [-0.15, -0.1) is 11.8 Å². The minimum Gasteiger partial charge on any atom is -0.290 e. The first-order valence-electron chi connectivity index (χ1n) is 8.85. The van der Waals surface area contributed by atoms with E-state index in [2.05, 4.69) is 21.0 Å². The molecule has 132 valence electrons. The van der Waals surface area contributed by atoms with Crippen LogP contribution in [-0.2, 0) is 25.1 Å². The summed E-state index contributed by atoms with van der Waals surface area (Å²) in [5.74, 6) is 0.775. The largest absolute Gasteiger partial charge is 0.349 e. The van der Waals surface area contributed by atoms with Crippen LogP contribution in [0.5, 0.6) is 0 Å². The fraction of sp³-hybridized carbons (Fsp3) is 0.300. The van der Waals surface area contributed by atoms with Gasteiger partial charge in [-0.3, -0.25) is 14.5 Å². The van der Waals surface area contributed by atoms with E-state index in [9.17, 15) is 4.79 Å². The first kappa shape index (κ1) is 17.0. The topological polar surface area (TPSA) is 60.7 Å². The highest BCUT2D eigenvalue weighted by molar-refractivity contribution is 7.98. The maximum Gasteiger partial charge on any atom is 0.349 e. The van der Waals surface area contributed by atoms with Gasteiger partial charge in [-0.25, -0.2) is 4.79 Å². The molecule has 0 bridgehead atoms. The molecule has 0 aliphatic heterocycles. The molecule has 3 aromatic heterocycles. The summed E-state index contributed by atoms with van der Waals surface area (Å²) in [6, 6.07) is 9.77. The molecule has 4 rings (SSSR count). The van der Waals surface area contributed by atoms with Gasteiger partial charge in [0.15, 0.2) is 0 Å². The lowest BCUT2D eigenvalue weighted by Crippen LogP contribution is -2.30. The van der Waals surface area contributed by atoms with Crippen molar-refractivity contribution in [2.45, 2.75) is 43.0 Å². The lowest BCUT2D eigenvalue weighted by atomic mass is 9.97. The van der Waals surface area contributed by atoms with Crippen molar-refractivity contribution in [1.82, 2.24) is 19.5 Å². The molecule has 3 aromatic rings. The average molecular weight is 364 g/mol. The fourth-order valence-electron chi connectivity index (χ4n) is 3.32. The molecule has 0 unspecified atom stereocenters. The lowest BCUT2D eigenvalue weighted by Gasteiger charge is -2.22. The van der Waals surface area contributed by atoms with E-state index in [-0.39, 0.29) is 5.69 Å². The summed E-state index contributed by atoms with van der Waals surface area (Å²) in [6.07, 6.45) is 9.58. The van der Waals surface area contributed by atoms with E-state index in [0.717, 1.165) is 53.4 Å². The summed E-state index contributed by atoms with van der Waals surface area (Å²) in [7, 11) is 0. The zero-order valence-corrected chi connectivity index (χ0v) is 15.3. The van der Waals surface area contributed by atoms with Gasteiger partial charge in [-0.2, -0.15) is 4.98 Å². The van der Waals surface area contributed by atoms with Crippen molar-refractivity contribution in [3.63, 3.8) is 0 Å². The summed E-state index contributed by atoms with van der Waals surface area (Å²) >= 11 is 1.64. The molecule has 5 nitrogen and oxygen atoms in total. The minimum atomic E-state index is -0.176. The van der Waals surface area contributed by atoms with E-state index in [4.69, 9.17) is 0 Å². The van der Waals surface area contributed by atoms with Gasteiger partial charge < -0.3 is 0 Å². The summed E-state index contributed by atoms with van der Waals surface area (Å²) in [5, 5.41) is 0.880. The smallest absolute Gasteiger partial charge is 0.290 e. The standard InChI is InChI=1S/C20H20N4OS/c25-20-23-19(26-14-15-6-5-10-21-12-15)17-8-1-2-9-18(17)24(20)13-16-7-3-4-11-22-16/h3-7,10-12H,1-2,8-9,13-14H2. The number of nitrogens with zero attached hydrogens (tertiary/aromatic N) is 4. The average Bonchev–Trinajstić information content (AvgIpc) is 2.70. The highest BCUT2D eigenvalue weighted by Gasteiger charge is 2.20. The molecule has 6 heteroatoms. The third-order valence-electron chi connectivity index (χ3n) is 4.60. The van der Waals surface area contributed by atoms with Crippen LogP contribution in [0.2, 0.25) is 0 Å². The van der Waals surface area contributed by atoms with Gasteiger partial charge in [0.25, 0.3) is 0 Å². The number of hydrogen-bond acceptors (Lipinski definition) is 5. The third-order valence-corrected chi connectivity index (χ3v) is 5.68. The van der Waals surface area contributed by atoms with Crippen molar-refractivity contribution in [1.29, 1.82) is 0 Å². The van der Waals surface area contributed by atoms with Crippen LogP contribution >= 0.6 is 11.8 Å². The van der Waals surface area contributed by atoms with Crippen LogP contribution in [0.1, 0.15) is 35.4 Å². The molecule has 0 amide bonds. The molecule has 0 saturated carbocycles. The van der Waals surface area contributed by atoms with Gasteiger partial charge in [0.2, 0.25) is 0 Å². The number of fused-ring (bicyclic) bond motifs is 1. The molecule has 0 N–H and O–H groups in total. The molecule has 0 atom stereocenters. The van der Waals surface area contributed by atoms with Gasteiger partial charge in [0.1, 0.15) is 5.03 Å². The second kappa shape index (κ2) is 7.83. The van der Waals surface area contributed by atoms with Crippen LogP contribution in [-0.4, -0.2) is 19.5 Å². The Balaban J connectivity index is 1.66. The van der Waals surface area contributed by atoms with Crippen LogP contribution in [0, 0.1) is 0 Å². The lowest BCUT2D eigenvalue weighted by molar-refractivity contribution is 0.565. The second-order valence-corrected chi connectivity index (χ2v) is 7.35. The van der Waals surface area contributed by atoms with Crippen LogP contribution in [0.3, 0.4) is 0 Å². The van der Waals surface area contributed by atoms with Gasteiger partial charge in [-0.05, 0) is 49.4 Å². The van der Waals surface area contributed by atoms with Crippen molar-refractivity contribution < 1.29 is 0 Å². The van der Waals surface area contributed by atoms with Gasteiger partial charge in [-0.1, -0.05) is 12.1 Å². The maximum atomic E-state index is 12.7. The fourth-order valence-corrected chi connectivity index (χ4v) is 4.33. The van der Waals surface area contributed by atoms with Crippen molar-refractivity contribution in [2.75, 3.05) is 0 Å². The number of rotatable bonds is 5. The highest BCUT2D eigenvalue weighted by atomic mass is 32.2. The summed E-state index contributed by atoms with van der Waals surface area (Å²) < 4.78 is 1.81. The Bertz CT molecular complexity index is 941. The summed E-state index contributed by atoms with van der Waals surface area (Å²) in [4.78, 5) is 25.7. The van der Waals surface area contributed by atoms with E-state index in [1.165, 1.54) is 5.56 Å². The van der Waals surface area contributed by atoms with Crippen molar-refractivity contribution >= 4 is 11.8 Å². The minimum absolute atomic E-state index is 0.176. The predicted octanol–water partition coefficient (Wildman–Crippen LogP) is 3.25. The zero-order valence-electron chi connectivity index (χ0n) is 14.5. The molecule has 26 heavy (non-hydrogen) atoms. The zero-order chi connectivity index (χ0) is 17.8. The molecular formula is C20H20N4OS. The molecule has 0 aromatic carbocycles. The Morgan fingerprint density at radius 1 is 1.08 bits per heavy atom. The molecular weight excluding hydrogens is 344 g/mol. The predicted molar refractivity (Wildman–Crippen MR) is 102 cm³/mol. The Kier molecular flexibility index (Phi) is 5.11. The van der Waals surface area contributed by atoms with E-state index < -0.39 is 0 Å². The van der Waals surface area contributed by atoms with Crippen LogP contribution < -0.4 is 5.69 Å². The van der Waals surface area contributed by atoms with E-state index >= 15 is 0 Å².